The van der Waals surface area contributed by atoms with Gasteiger partial charge in [0.05, 0.1) is 0 Å². The van der Waals surface area contributed by atoms with E-state index in [-0.39, 0.29) is 0 Å². The zero-order valence-electron chi connectivity index (χ0n) is 6.12. The third-order valence-electron chi connectivity index (χ3n) is 2.39. The molecular weight excluding hydrogens is 144 g/mol. The maximum atomic E-state index is 5.79. The second-order valence-electron chi connectivity index (χ2n) is 3.23. The Morgan fingerprint density at radius 3 is 2.60 bits per heavy atom. The summed E-state index contributed by atoms with van der Waals surface area (Å²) in [7, 11) is 0. The Labute approximate surface area is 66.1 Å². The fraction of sp³-hybridized carbons (Fsp3) is 1.00. The monoisotopic (exact) mass is 158 g/mol. The van der Waals surface area contributed by atoms with Crippen LogP contribution in [0.3, 0.4) is 0 Å². The lowest BCUT2D eigenvalue weighted by molar-refractivity contribution is 0.271. The maximum Gasteiger partial charge on any atom is 0.0277 e. The molecule has 2 heterocycles. The van der Waals surface area contributed by atoms with Crippen LogP contribution in [-0.2, 0) is 0 Å². The summed E-state index contributed by atoms with van der Waals surface area (Å²) in [5.74, 6) is 2.68. The van der Waals surface area contributed by atoms with E-state index >= 15 is 0 Å². The van der Waals surface area contributed by atoms with Gasteiger partial charge < -0.3 is 5.73 Å². The molecule has 1 atom stereocenters. The van der Waals surface area contributed by atoms with Gasteiger partial charge in [-0.2, -0.15) is 11.8 Å². The van der Waals surface area contributed by atoms with E-state index in [1.165, 1.54) is 24.5 Å². The lowest BCUT2D eigenvalue weighted by Gasteiger charge is -2.33. The van der Waals surface area contributed by atoms with Crippen molar-refractivity contribution in [2.45, 2.75) is 18.5 Å². The van der Waals surface area contributed by atoms with Crippen molar-refractivity contribution in [2.24, 2.45) is 5.73 Å². The van der Waals surface area contributed by atoms with E-state index in [2.05, 4.69) is 16.7 Å². The van der Waals surface area contributed by atoms with Gasteiger partial charge in [0.2, 0.25) is 0 Å². The molecule has 0 aromatic carbocycles. The number of thioether (sulfide) groups is 1. The minimum atomic E-state index is 0.464. The SMILES string of the molecule is NC1CCN(C2CSC2)C1. The molecule has 0 aromatic heterocycles. The minimum Gasteiger partial charge on any atom is -0.326 e. The highest BCUT2D eigenvalue weighted by atomic mass is 32.2. The minimum absolute atomic E-state index is 0.464. The molecule has 0 amide bonds. The van der Waals surface area contributed by atoms with Crippen LogP contribution in [0.2, 0.25) is 0 Å². The van der Waals surface area contributed by atoms with Crippen LogP contribution in [0.1, 0.15) is 6.42 Å². The largest absolute Gasteiger partial charge is 0.326 e. The number of hydrogen-bond acceptors (Lipinski definition) is 3. The second-order valence-corrected chi connectivity index (χ2v) is 4.31. The van der Waals surface area contributed by atoms with Crippen molar-refractivity contribution in [3.63, 3.8) is 0 Å². The normalized spacial score (nSPS) is 36.3. The summed E-state index contributed by atoms with van der Waals surface area (Å²) in [6, 6.07) is 1.34. The summed E-state index contributed by atoms with van der Waals surface area (Å²) in [5.41, 5.74) is 5.79. The summed E-state index contributed by atoms with van der Waals surface area (Å²) >= 11 is 2.05. The van der Waals surface area contributed by atoms with Crippen LogP contribution in [0.25, 0.3) is 0 Å². The molecule has 2 saturated heterocycles. The van der Waals surface area contributed by atoms with Gasteiger partial charge in [0.1, 0.15) is 0 Å². The van der Waals surface area contributed by atoms with E-state index in [0.717, 1.165) is 12.6 Å². The number of likely N-dealkylation sites (tertiary alicyclic amines) is 1. The Kier molecular flexibility index (Phi) is 1.89. The van der Waals surface area contributed by atoms with Gasteiger partial charge in [-0.3, -0.25) is 4.90 Å². The first-order valence-corrected chi connectivity index (χ1v) is 5.09. The van der Waals surface area contributed by atoms with E-state index < -0.39 is 0 Å². The van der Waals surface area contributed by atoms with Crippen molar-refractivity contribution in [3.8, 4) is 0 Å². The summed E-state index contributed by atoms with van der Waals surface area (Å²) in [6.45, 7) is 2.39. The molecule has 0 saturated carbocycles. The summed E-state index contributed by atoms with van der Waals surface area (Å²) in [5, 5.41) is 0. The summed E-state index contributed by atoms with van der Waals surface area (Å²) in [6.07, 6.45) is 1.21. The Hall–Kier alpha value is 0.270. The maximum absolute atomic E-state index is 5.79. The third kappa shape index (κ3) is 1.18. The highest BCUT2D eigenvalue weighted by molar-refractivity contribution is 8.00. The lowest BCUT2D eigenvalue weighted by atomic mass is 10.3. The topological polar surface area (TPSA) is 29.3 Å². The number of hydrogen-bond donors (Lipinski definition) is 1. The van der Waals surface area contributed by atoms with Crippen molar-refractivity contribution in [2.75, 3.05) is 24.6 Å². The highest BCUT2D eigenvalue weighted by Crippen LogP contribution is 2.25. The van der Waals surface area contributed by atoms with Crippen molar-refractivity contribution in [3.05, 3.63) is 0 Å². The average Bonchev–Trinajstić information content (AvgIpc) is 2.10. The van der Waals surface area contributed by atoms with Crippen molar-refractivity contribution < 1.29 is 0 Å². The van der Waals surface area contributed by atoms with Gasteiger partial charge in [-0.05, 0) is 6.42 Å². The molecule has 0 radical (unpaired) electrons. The first-order chi connectivity index (χ1) is 4.86. The van der Waals surface area contributed by atoms with Gasteiger partial charge >= 0.3 is 0 Å². The lowest BCUT2D eigenvalue weighted by Crippen LogP contribution is -2.43. The van der Waals surface area contributed by atoms with E-state index in [4.69, 9.17) is 5.73 Å². The van der Waals surface area contributed by atoms with Gasteiger partial charge in [0, 0.05) is 36.7 Å². The predicted molar refractivity (Wildman–Crippen MR) is 45.3 cm³/mol. The van der Waals surface area contributed by atoms with Gasteiger partial charge in [-0.15, -0.1) is 0 Å². The fourth-order valence-corrected chi connectivity index (χ4v) is 2.45. The first-order valence-electron chi connectivity index (χ1n) is 3.93. The van der Waals surface area contributed by atoms with Crippen molar-refractivity contribution in [1.29, 1.82) is 0 Å². The molecule has 0 aliphatic carbocycles. The van der Waals surface area contributed by atoms with Gasteiger partial charge in [-0.25, -0.2) is 0 Å². The molecule has 2 aliphatic heterocycles. The zero-order valence-corrected chi connectivity index (χ0v) is 6.94. The Morgan fingerprint density at radius 2 is 2.20 bits per heavy atom. The van der Waals surface area contributed by atoms with Crippen LogP contribution in [0.15, 0.2) is 0 Å². The van der Waals surface area contributed by atoms with Crippen LogP contribution in [0.5, 0.6) is 0 Å². The molecule has 2 rings (SSSR count). The van der Waals surface area contributed by atoms with E-state index in [9.17, 15) is 0 Å². The van der Waals surface area contributed by atoms with E-state index in [0.29, 0.717) is 6.04 Å². The first kappa shape index (κ1) is 6.95. The molecule has 2 fully saturated rings. The van der Waals surface area contributed by atoms with Crippen molar-refractivity contribution in [1.82, 2.24) is 4.90 Å². The zero-order chi connectivity index (χ0) is 6.97. The summed E-state index contributed by atoms with van der Waals surface area (Å²) < 4.78 is 0. The van der Waals surface area contributed by atoms with E-state index in [1.807, 2.05) is 0 Å². The molecule has 0 spiro atoms. The molecule has 0 aromatic rings. The van der Waals surface area contributed by atoms with Crippen LogP contribution in [-0.4, -0.2) is 41.6 Å². The van der Waals surface area contributed by atoms with Gasteiger partial charge in [0.15, 0.2) is 0 Å². The smallest absolute Gasteiger partial charge is 0.0277 e. The van der Waals surface area contributed by atoms with Crippen LogP contribution < -0.4 is 5.73 Å². The fourth-order valence-electron chi connectivity index (χ4n) is 1.58. The highest BCUT2D eigenvalue weighted by Gasteiger charge is 2.30. The van der Waals surface area contributed by atoms with Crippen molar-refractivity contribution >= 4 is 11.8 Å². The average molecular weight is 158 g/mol. The standard InChI is InChI=1S/C7H14N2S/c8-6-1-2-9(3-6)7-4-10-5-7/h6-7H,1-5,8H2. The van der Waals surface area contributed by atoms with Crippen LogP contribution in [0, 0.1) is 0 Å². The molecule has 2 aliphatic rings. The molecule has 0 bridgehead atoms. The number of rotatable bonds is 1. The number of nitrogens with zero attached hydrogens (tertiary/aromatic N) is 1. The second kappa shape index (κ2) is 2.72. The predicted octanol–water partition coefficient (Wildman–Crippen LogP) is 0.135. The molecule has 58 valence electrons. The molecule has 2 nitrogen and oxygen atoms in total. The Morgan fingerprint density at radius 1 is 1.40 bits per heavy atom. The van der Waals surface area contributed by atoms with Crippen LogP contribution in [0.4, 0.5) is 0 Å². The van der Waals surface area contributed by atoms with E-state index in [1.54, 1.807) is 0 Å². The van der Waals surface area contributed by atoms with Gasteiger partial charge in [0.25, 0.3) is 0 Å². The van der Waals surface area contributed by atoms with Gasteiger partial charge in [-0.1, -0.05) is 0 Å². The third-order valence-corrected chi connectivity index (χ3v) is 3.63. The molecule has 1 unspecified atom stereocenters. The summed E-state index contributed by atoms with van der Waals surface area (Å²) in [4.78, 5) is 2.54. The van der Waals surface area contributed by atoms with Crippen LogP contribution >= 0.6 is 11.8 Å². The molecule has 2 N–H and O–H groups in total. The molecule has 3 heteroatoms. The Balaban J connectivity index is 1.82. The molecular formula is C7H14N2S. The number of nitrogens with two attached hydrogens (primary N) is 1. The Bertz CT molecular complexity index is 125. The quantitative estimate of drug-likeness (QED) is 0.588. The molecule has 10 heavy (non-hydrogen) atoms.